The Morgan fingerprint density at radius 1 is 1.38 bits per heavy atom. The molecule has 6 heteroatoms. The standard InChI is InChI=1S/C10H19N3O3/c1-10(2,3)16-9(15)13-5-6(11)4-7(13)8(12)14/h6-7H,4-5,11H2,1-3H3,(H2,12,14)/t6-,7+/m1/s1. The quantitative estimate of drug-likeness (QED) is 0.651. The van der Waals surface area contributed by atoms with Gasteiger partial charge in [-0.3, -0.25) is 9.69 Å². The van der Waals surface area contributed by atoms with Crippen molar-refractivity contribution in [3.05, 3.63) is 0 Å². The van der Waals surface area contributed by atoms with Crippen molar-refractivity contribution >= 4 is 12.0 Å². The van der Waals surface area contributed by atoms with Gasteiger partial charge < -0.3 is 16.2 Å². The Kier molecular flexibility index (Phi) is 3.42. The van der Waals surface area contributed by atoms with Gasteiger partial charge in [-0.25, -0.2) is 4.79 Å². The SMILES string of the molecule is CC(C)(C)OC(=O)N1C[C@H](N)C[C@H]1C(N)=O. The first-order valence-electron chi connectivity index (χ1n) is 5.25. The van der Waals surface area contributed by atoms with Gasteiger partial charge in [-0.2, -0.15) is 0 Å². The summed E-state index contributed by atoms with van der Waals surface area (Å²) in [5.41, 5.74) is 10.3. The van der Waals surface area contributed by atoms with E-state index in [0.717, 1.165) is 0 Å². The van der Waals surface area contributed by atoms with Gasteiger partial charge in [-0.1, -0.05) is 0 Å². The maximum Gasteiger partial charge on any atom is 0.411 e. The summed E-state index contributed by atoms with van der Waals surface area (Å²) in [5, 5.41) is 0. The lowest BCUT2D eigenvalue weighted by Gasteiger charge is -2.27. The van der Waals surface area contributed by atoms with Crippen LogP contribution in [-0.4, -0.2) is 41.1 Å². The second-order valence-electron chi connectivity index (χ2n) is 5.05. The molecule has 4 N–H and O–H groups in total. The van der Waals surface area contributed by atoms with Gasteiger partial charge >= 0.3 is 6.09 Å². The smallest absolute Gasteiger partial charge is 0.411 e. The number of amides is 2. The molecule has 0 unspecified atom stereocenters. The predicted molar refractivity (Wildman–Crippen MR) is 58.5 cm³/mol. The molecule has 16 heavy (non-hydrogen) atoms. The minimum absolute atomic E-state index is 0.218. The number of likely N-dealkylation sites (tertiary alicyclic amines) is 1. The van der Waals surface area contributed by atoms with Crippen molar-refractivity contribution in [2.75, 3.05) is 6.54 Å². The van der Waals surface area contributed by atoms with Gasteiger partial charge in [0.25, 0.3) is 0 Å². The fraction of sp³-hybridized carbons (Fsp3) is 0.800. The van der Waals surface area contributed by atoms with Gasteiger partial charge in [0.15, 0.2) is 0 Å². The molecule has 0 spiro atoms. The summed E-state index contributed by atoms with van der Waals surface area (Å²) in [6.07, 6.45) is -0.140. The molecular weight excluding hydrogens is 210 g/mol. The lowest BCUT2D eigenvalue weighted by molar-refractivity contribution is -0.122. The van der Waals surface area contributed by atoms with Crippen LogP contribution in [0.3, 0.4) is 0 Å². The Morgan fingerprint density at radius 2 is 1.94 bits per heavy atom. The largest absolute Gasteiger partial charge is 0.444 e. The van der Waals surface area contributed by atoms with Crippen LogP contribution in [0.4, 0.5) is 4.79 Å². The zero-order valence-electron chi connectivity index (χ0n) is 9.90. The normalized spacial score (nSPS) is 25.6. The van der Waals surface area contributed by atoms with E-state index in [0.29, 0.717) is 13.0 Å². The van der Waals surface area contributed by atoms with E-state index >= 15 is 0 Å². The number of carbonyl (C=O) groups is 2. The molecule has 1 heterocycles. The summed E-state index contributed by atoms with van der Waals surface area (Å²) < 4.78 is 5.17. The van der Waals surface area contributed by atoms with Crippen molar-refractivity contribution in [1.29, 1.82) is 0 Å². The average molecular weight is 229 g/mol. The molecular formula is C10H19N3O3. The van der Waals surface area contributed by atoms with E-state index < -0.39 is 23.6 Å². The number of nitrogens with two attached hydrogens (primary N) is 2. The molecule has 6 nitrogen and oxygen atoms in total. The van der Waals surface area contributed by atoms with Crippen molar-refractivity contribution < 1.29 is 14.3 Å². The zero-order valence-corrected chi connectivity index (χ0v) is 9.90. The Hall–Kier alpha value is -1.30. The number of ether oxygens (including phenoxy) is 1. The van der Waals surface area contributed by atoms with Crippen LogP contribution in [0, 0.1) is 0 Å². The maximum atomic E-state index is 11.8. The summed E-state index contributed by atoms with van der Waals surface area (Å²) in [6, 6.07) is -0.866. The van der Waals surface area contributed by atoms with Crippen LogP contribution in [0.25, 0.3) is 0 Å². The monoisotopic (exact) mass is 229 g/mol. The van der Waals surface area contributed by atoms with E-state index in [-0.39, 0.29) is 6.04 Å². The average Bonchev–Trinajstić information content (AvgIpc) is 2.44. The fourth-order valence-electron chi connectivity index (χ4n) is 1.66. The van der Waals surface area contributed by atoms with Crippen LogP contribution >= 0.6 is 0 Å². The first kappa shape index (κ1) is 12.8. The summed E-state index contributed by atoms with van der Waals surface area (Å²) in [5.74, 6) is -0.543. The van der Waals surface area contributed by atoms with Crippen LogP contribution in [0.15, 0.2) is 0 Å². The van der Waals surface area contributed by atoms with Gasteiger partial charge in [0.05, 0.1) is 0 Å². The third-order valence-corrected chi connectivity index (χ3v) is 2.29. The van der Waals surface area contributed by atoms with E-state index in [2.05, 4.69) is 0 Å². The van der Waals surface area contributed by atoms with Crippen molar-refractivity contribution in [2.45, 2.75) is 44.9 Å². The van der Waals surface area contributed by atoms with Gasteiger partial charge in [-0.15, -0.1) is 0 Å². The number of primary amides is 1. The van der Waals surface area contributed by atoms with Crippen molar-refractivity contribution in [3.63, 3.8) is 0 Å². The molecule has 2 atom stereocenters. The molecule has 0 saturated carbocycles. The molecule has 92 valence electrons. The third kappa shape index (κ3) is 3.10. The summed E-state index contributed by atoms with van der Waals surface area (Å²) in [6.45, 7) is 5.60. The van der Waals surface area contributed by atoms with E-state index in [1.165, 1.54) is 4.90 Å². The topological polar surface area (TPSA) is 98.7 Å². The first-order valence-corrected chi connectivity index (χ1v) is 5.25. The molecule has 0 aromatic heterocycles. The summed E-state index contributed by atoms with van der Waals surface area (Å²) >= 11 is 0. The highest BCUT2D eigenvalue weighted by Gasteiger charge is 2.39. The van der Waals surface area contributed by atoms with Crippen molar-refractivity contribution in [1.82, 2.24) is 4.90 Å². The highest BCUT2D eigenvalue weighted by atomic mass is 16.6. The fourth-order valence-corrected chi connectivity index (χ4v) is 1.66. The van der Waals surface area contributed by atoms with Crippen LogP contribution in [0.5, 0.6) is 0 Å². The second-order valence-corrected chi connectivity index (χ2v) is 5.05. The van der Waals surface area contributed by atoms with Gasteiger partial charge in [0.2, 0.25) is 5.91 Å². The van der Waals surface area contributed by atoms with Crippen LogP contribution < -0.4 is 11.5 Å². The van der Waals surface area contributed by atoms with Gasteiger partial charge in [-0.05, 0) is 27.2 Å². The van der Waals surface area contributed by atoms with Gasteiger partial charge in [0, 0.05) is 12.6 Å². The number of rotatable bonds is 1. The van der Waals surface area contributed by atoms with Crippen LogP contribution in [0.2, 0.25) is 0 Å². The summed E-state index contributed by atoms with van der Waals surface area (Å²) in [7, 11) is 0. The molecule has 0 aliphatic carbocycles. The van der Waals surface area contributed by atoms with E-state index in [1.54, 1.807) is 20.8 Å². The van der Waals surface area contributed by atoms with Crippen molar-refractivity contribution in [2.24, 2.45) is 11.5 Å². The Labute approximate surface area is 94.9 Å². The lowest BCUT2D eigenvalue weighted by atomic mass is 10.2. The molecule has 1 saturated heterocycles. The molecule has 1 rings (SSSR count). The highest BCUT2D eigenvalue weighted by Crippen LogP contribution is 2.19. The number of hydrogen-bond donors (Lipinski definition) is 2. The van der Waals surface area contributed by atoms with Gasteiger partial charge in [0.1, 0.15) is 11.6 Å². The Bertz CT molecular complexity index is 298. The molecule has 0 aromatic carbocycles. The predicted octanol–water partition coefficient (Wildman–Crippen LogP) is -0.192. The van der Waals surface area contributed by atoms with Crippen molar-refractivity contribution in [3.8, 4) is 0 Å². The van der Waals surface area contributed by atoms with Crippen LogP contribution in [-0.2, 0) is 9.53 Å². The molecule has 2 amide bonds. The Balaban J connectivity index is 2.71. The highest BCUT2D eigenvalue weighted by molar-refractivity contribution is 5.85. The van der Waals surface area contributed by atoms with E-state index in [1.807, 2.05) is 0 Å². The summed E-state index contributed by atoms with van der Waals surface area (Å²) in [4.78, 5) is 24.2. The van der Waals surface area contributed by atoms with Crippen LogP contribution in [0.1, 0.15) is 27.2 Å². The third-order valence-electron chi connectivity index (χ3n) is 2.29. The minimum atomic E-state index is -0.648. The first-order chi connectivity index (χ1) is 7.20. The number of nitrogens with zero attached hydrogens (tertiary/aromatic N) is 1. The Morgan fingerprint density at radius 3 is 2.38 bits per heavy atom. The van der Waals surface area contributed by atoms with E-state index in [9.17, 15) is 9.59 Å². The molecule has 0 aromatic rings. The minimum Gasteiger partial charge on any atom is -0.444 e. The zero-order chi connectivity index (χ0) is 12.5. The second kappa shape index (κ2) is 4.29. The molecule has 0 bridgehead atoms. The molecule has 0 radical (unpaired) electrons. The van der Waals surface area contributed by atoms with E-state index in [4.69, 9.17) is 16.2 Å². The number of hydrogen-bond acceptors (Lipinski definition) is 4. The molecule has 1 aliphatic rings. The lowest BCUT2D eigenvalue weighted by Crippen LogP contribution is -2.45. The maximum absolute atomic E-state index is 11.8. The molecule has 1 fully saturated rings. The molecule has 1 aliphatic heterocycles. The number of carbonyl (C=O) groups excluding carboxylic acids is 2.